The summed E-state index contributed by atoms with van der Waals surface area (Å²) in [5.41, 5.74) is 0.342. The molecule has 0 saturated carbocycles. The van der Waals surface area contributed by atoms with Gasteiger partial charge in [0, 0.05) is 31.1 Å². The number of amides is 1. The van der Waals surface area contributed by atoms with Crippen molar-refractivity contribution >= 4 is 12.4 Å². The molecule has 0 atom stereocenters. The van der Waals surface area contributed by atoms with E-state index in [-0.39, 0.29) is 5.56 Å². The number of hydrogen-bond acceptors (Lipinski definition) is 5. The van der Waals surface area contributed by atoms with Crippen LogP contribution in [0.4, 0.5) is 0 Å². The zero-order chi connectivity index (χ0) is 24.3. The number of nitrogens with one attached hydrogen (secondary N) is 1. The van der Waals surface area contributed by atoms with Crippen LogP contribution >= 0.6 is 0 Å². The van der Waals surface area contributed by atoms with Crippen molar-refractivity contribution in [1.82, 2.24) is 14.9 Å². The molecule has 33 heavy (non-hydrogen) atoms. The van der Waals surface area contributed by atoms with E-state index in [2.05, 4.69) is 10.3 Å². The average Bonchev–Trinajstić information content (AvgIpc) is 2.81. The number of carbonyl (C=O) groups is 2. The molecule has 3 rings (SSSR count). The van der Waals surface area contributed by atoms with E-state index in [0.717, 1.165) is 11.4 Å². The van der Waals surface area contributed by atoms with Gasteiger partial charge in [-0.05, 0) is 26.0 Å². The number of rotatable bonds is 9. The zero-order valence-corrected chi connectivity index (χ0v) is 19.0. The summed E-state index contributed by atoms with van der Waals surface area (Å²) in [4.78, 5) is 37.7. The Morgan fingerprint density at radius 2 is 1.73 bits per heavy atom. The lowest BCUT2D eigenvalue weighted by atomic mass is 10.1. The highest BCUT2D eigenvalue weighted by atomic mass is 16.5. The second-order valence-electron chi connectivity index (χ2n) is 7.57. The molecule has 0 aliphatic rings. The molecule has 0 unspecified atom stereocenters. The van der Waals surface area contributed by atoms with E-state index < -0.39 is 11.6 Å². The number of carboxylic acids is 1. The fraction of sp³-hybridized carbons (Fsp3) is 0.280. The van der Waals surface area contributed by atoms with E-state index in [1.807, 2.05) is 43.3 Å². The summed E-state index contributed by atoms with van der Waals surface area (Å²) in [6, 6.07) is 20.1. The quantitative estimate of drug-likeness (QED) is 0.382. The zero-order valence-electron chi connectivity index (χ0n) is 19.0. The number of ether oxygens (including phenoxy) is 1. The normalized spacial score (nSPS) is 10.5. The van der Waals surface area contributed by atoms with Crippen LogP contribution < -0.4 is 15.6 Å². The predicted molar refractivity (Wildman–Crippen MR) is 126 cm³/mol. The molecular formula is C25H29N3O5. The highest BCUT2D eigenvalue weighted by molar-refractivity contribution is 5.76. The molecule has 2 N–H and O–H groups in total. The Kier molecular flexibility index (Phi) is 9.35. The summed E-state index contributed by atoms with van der Waals surface area (Å²) in [6.45, 7) is 5.84. The SMILES string of the molecule is CC(C)(Oc1ccccc1)C(=O)O.CCc1nc(-c2ccccc2)cc(=O)n1CCNC=O. The highest BCUT2D eigenvalue weighted by Gasteiger charge is 2.29. The molecule has 3 aromatic rings. The van der Waals surface area contributed by atoms with Crippen molar-refractivity contribution < 1.29 is 19.4 Å². The number of carboxylic acid groups (broad SMARTS) is 1. The van der Waals surface area contributed by atoms with E-state index >= 15 is 0 Å². The minimum Gasteiger partial charge on any atom is -0.478 e. The number of aliphatic carboxylic acids is 1. The third kappa shape index (κ3) is 7.60. The fourth-order valence-corrected chi connectivity index (χ4v) is 2.88. The maximum Gasteiger partial charge on any atom is 0.347 e. The Morgan fingerprint density at radius 3 is 2.27 bits per heavy atom. The molecule has 0 saturated heterocycles. The van der Waals surface area contributed by atoms with Gasteiger partial charge in [-0.25, -0.2) is 9.78 Å². The first-order chi connectivity index (χ1) is 15.8. The lowest BCUT2D eigenvalue weighted by Crippen LogP contribution is -2.37. The monoisotopic (exact) mass is 451 g/mol. The van der Waals surface area contributed by atoms with Gasteiger partial charge in [0.05, 0.1) is 5.69 Å². The molecule has 8 heteroatoms. The summed E-state index contributed by atoms with van der Waals surface area (Å²) >= 11 is 0. The molecule has 0 fully saturated rings. The molecule has 1 aromatic heterocycles. The van der Waals surface area contributed by atoms with Crippen LogP contribution in [-0.4, -0.2) is 39.2 Å². The Labute approximate surface area is 192 Å². The Hall–Kier alpha value is -3.94. The van der Waals surface area contributed by atoms with E-state index in [1.165, 1.54) is 19.9 Å². The number of nitrogens with zero attached hydrogens (tertiary/aromatic N) is 2. The van der Waals surface area contributed by atoms with Crippen molar-refractivity contribution in [3.63, 3.8) is 0 Å². The van der Waals surface area contributed by atoms with E-state index in [4.69, 9.17) is 9.84 Å². The summed E-state index contributed by atoms with van der Waals surface area (Å²) < 4.78 is 6.86. The first kappa shape index (κ1) is 25.3. The van der Waals surface area contributed by atoms with Gasteiger partial charge in [-0.1, -0.05) is 55.5 Å². The number of para-hydroxylation sites is 1. The van der Waals surface area contributed by atoms with Crippen LogP contribution in [0.5, 0.6) is 5.75 Å². The topological polar surface area (TPSA) is 111 Å². The van der Waals surface area contributed by atoms with Crippen molar-refractivity contribution in [1.29, 1.82) is 0 Å². The minimum atomic E-state index is -1.18. The van der Waals surface area contributed by atoms with Crippen LogP contribution in [-0.2, 0) is 22.6 Å². The molecule has 8 nitrogen and oxygen atoms in total. The highest BCUT2D eigenvalue weighted by Crippen LogP contribution is 2.17. The van der Waals surface area contributed by atoms with E-state index in [1.54, 1.807) is 28.8 Å². The average molecular weight is 452 g/mol. The van der Waals surface area contributed by atoms with Crippen LogP contribution in [0.15, 0.2) is 71.5 Å². The molecule has 0 radical (unpaired) electrons. The molecule has 0 spiro atoms. The molecule has 1 heterocycles. The second kappa shape index (κ2) is 12.2. The van der Waals surface area contributed by atoms with Crippen LogP contribution in [0, 0.1) is 0 Å². The second-order valence-corrected chi connectivity index (χ2v) is 7.57. The van der Waals surface area contributed by atoms with Crippen molar-refractivity contribution in [3.8, 4) is 17.0 Å². The summed E-state index contributed by atoms with van der Waals surface area (Å²) in [5, 5.41) is 11.3. The van der Waals surface area contributed by atoms with Crippen molar-refractivity contribution in [3.05, 3.63) is 82.9 Å². The third-order valence-corrected chi connectivity index (χ3v) is 4.67. The molecule has 174 valence electrons. The van der Waals surface area contributed by atoms with Gasteiger partial charge in [0.25, 0.3) is 5.56 Å². The van der Waals surface area contributed by atoms with Crippen LogP contribution in [0.1, 0.15) is 26.6 Å². The number of carbonyl (C=O) groups excluding carboxylic acids is 1. The number of aryl methyl sites for hydroxylation is 1. The lowest BCUT2D eigenvalue weighted by Gasteiger charge is -2.21. The van der Waals surface area contributed by atoms with Gasteiger partial charge in [0.1, 0.15) is 11.6 Å². The fourth-order valence-electron chi connectivity index (χ4n) is 2.88. The van der Waals surface area contributed by atoms with E-state index in [9.17, 15) is 14.4 Å². The Morgan fingerprint density at radius 1 is 1.12 bits per heavy atom. The maximum atomic E-state index is 12.2. The molecule has 1 amide bonds. The van der Waals surface area contributed by atoms with Gasteiger partial charge in [0.2, 0.25) is 6.41 Å². The largest absolute Gasteiger partial charge is 0.478 e. The smallest absolute Gasteiger partial charge is 0.347 e. The molecule has 0 aliphatic carbocycles. The summed E-state index contributed by atoms with van der Waals surface area (Å²) in [5.74, 6) is 0.315. The standard InChI is InChI=1S/C15H17N3O2.C10H12O3/c1-2-14-17-13(12-6-4-3-5-7-12)10-15(20)18(14)9-8-16-11-19;1-10(2,9(11)12)13-8-6-4-3-5-7-8/h3-7,10-11H,2,8-9H2,1H3,(H,16,19);3-7H,1-2H3,(H,11,12). The van der Waals surface area contributed by atoms with E-state index in [0.29, 0.717) is 37.4 Å². The maximum absolute atomic E-state index is 12.2. The predicted octanol–water partition coefficient (Wildman–Crippen LogP) is 3.15. The van der Waals surface area contributed by atoms with Gasteiger partial charge in [-0.3, -0.25) is 14.2 Å². The summed E-state index contributed by atoms with van der Waals surface area (Å²) in [7, 11) is 0. The van der Waals surface area contributed by atoms with Crippen molar-refractivity contribution in [2.24, 2.45) is 0 Å². The van der Waals surface area contributed by atoms with Gasteiger partial charge in [-0.2, -0.15) is 0 Å². The van der Waals surface area contributed by atoms with Crippen LogP contribution in [0.2, 0.25) is 0 Å². The molecular weight excluding hydrogens is 422 g/mol. The first-order valence-corrected chi connectivity index (χ1v) is 10.6. The van der Waals surface area contributed by atoms with Gasteiger partial charge < -0.3 is 15.2 Å². The van der Waals surface area contributed by atoms with Crippen LogP contribution in [0.3, 0.4) is 0 Å². The number of benzene rings is 2. The number of hydrogen-bond donors (Lipinski definition) is 2. The summed E-state index contributed by atoms with van der Waals surface area (Å²) in [6.07, 6.45) is 1.29. The Balaban J connectivity index is 0.000000257. The minimum absolute atomic E-state index is 0.0941. The third-order valence-electron chi connectivity index (χ3n) is 4.67. The lowest BCUT2D eigenvalue weighted by molar-refractivity contribution is -0.152. The van der Waals surface area contributed by atoms with Crippen molar-refractivity contribution in [2.45, 2.75) is 39.3 Å². The Bertz CT molecular complexity index is 1100. The van der Waals surface area contributed by atoms with Gasteiger partial charge in [0.15, 0.2) is 5.60 Å². The first-order valence-electron chi connectivity index (χ1n) is 10.6. The molecule has 0 aliphatic heterocycles. The van der Waals surface area contributed by atoms with Crippen LogP contribution in [0.25, 0.3) is 11.3 Å². The van der Waals surface area contributed by atoms with Crippen molar-refractivity contribution in [2.75, 3.05) is 6.54 Å². The number of aromatic nitrogens is 2. The van der Waals surface area contributed by atoms with Gasteiger partial charge in [-0.15, -0.1) is 0 Å². The van der Waals surface area contributed by atoms with Gasteiger partial charge >= 0.3 is 5.97 Å². The molecule has 2 aromatic carbocycles. The molecule has 0 bridgehead atoms.